The zero-order valence-electron chi connectivity index (χ0n) is 19.6. The van der Waals surface area contributed by atoms with Crippen molar-refractivity contribution < 1.29 is 17.9 Å². The zero-order chi connectivity index (χ0) is 24.7. The molecule has 5 aromatic rings. The van der Waals surface area contributed by atoms with E-state index < -0.39 is 6.36 Å². The first kappa shape index (κ1) is 23.0. The van der Waals surface area contributed by atoms with Crippen molar-refractivity contribution in [1.82, 2.24) is 19.5 Å². The van der Waals surface area contributed by atoms with E-state index >= 15 is 0 Å². The van der Waals surface area contributed by atoms with Gasteiger partial charge in [0.05, 0.1) is 22.1 Å². The van der Waals surface area contributed by atoms with Crippen LogP contribution in [0.15, 0.2) is 60.7 Å². The van der Waals surface area contributed by atoms with Gasteiger partial charge in [0, 0.05) is 17.2 Å². The Morgan fingerprint density at radius 2 is 1.57 bits per heavy atom. The molecule has 0 atom stereocenters. The molecule has 5 nitrogen and oxygen atoms in total. The number of hydrogen-bond acceptors (Lipinski definition) is 3. The second-order valence-corrected chi connectivity index (χ2v) is 8.66. The number of hydrogen-bond donors (Lipinski definition) is 1. The molecule has 5 rings (SSSR count). The Labute approximate surface area is 200 Å². The molecule has 3 aromatic carbocycles. The van der Waals surface area contributed by atoms with Crippen LogP contribution in [-0.2, 0) is 0 Å². The molecule has 0 amide bonds. The SMILES string of the molecule is CCC(CC)n1c(-c2ccc3nc(-c4ccc(OC(F)(F)F)cc4)[nH]c3c2)nc2ccc(C)cc21. The van der Waals surface area contributed by atoms with Crippen LogP contribution >= 0.6 is 0 Å². The average molecular weight is 479 g/mol. The van der Waals surface area contributed by atoms with Crippen LogP contribution in [0.4, 0.5) is 13.2 Å². The Kier molecular flexibility index (Phi) is 5.75. The number of alkyl halides is 3. The molecule has 0 saturated heterocycles. The molecule has 0 spiro atoms. The van der Waals surface area contributed by atoms with Crippen molar-refractivity contribution >= 4 is 22.1 Å². The first-order chi connectivity index (χ1) is 16.8. The van der Waals surface area contributed by atoms with Crippen molar-refractivity contribution in [1.29, 1.82) is 0 Å². The fourth-order valence-electron chi connectivity index (χ4n) is 4.53. The Bertz CT molecular complexity index is 1500. The van der Waals surface area contributed by atoms with Gasteiger partial charge in [-0.3, -0.25) is 0 Å². The van der Waals surface area contributed by atoms with Gasteiger partial charge in [0.1, 0.15) is 17.4 Å². The van der Waals surface area contributed by atoms with E-state index in [0.29, 0.717) is 17.4 Å². The average Bonchev–Trinajstić information content (AvgIpc) is 3.41. The third-order valence-electron chi connectivity index (χ3n) is 6.25. The van der Waals surface area contributed by atoms with Crippen molar-refractivity contribution in [2.45, 2.75) is 46.0 Å². The highest BCUT2D eigenvalue weighted by molar-refractivity contribution is 5.86. The van der Waals surface area contributed by atoms with Crippen LogP contribution < -0.4 is 4.74 Å². The topological polar surface area (TPSA) is 55.7 Å². The van der Waals surface area contributed by atoms with Crippen molar-refractivity contribution in [2.24, 2.45) is 0 Å². The predicted octanol–water partition coefficient (Wildman–Crippen LogP) is 7.81. The summed E-state index contributed by atoms with van der Waals surface area (Å²) in [4.78, 5) is 12.9. The van der Waals surface area contributed by atoms with Gasteiger partial charge < -0.3 is 14.3 Å². The van der Waals surface area contributed by atoms with Crippen LogP contribution in [0, 0.1) is 6.92 Å². The van der Waals surface area contributed by atoms with Gasteiger partial charge in [-0.25, -0.2) is 9.97 Å². The second kappa shape index (κ2) is 8.76. The predicted molar refractivity (Wildman–Crippen MR) is 131 cm³/mol. The van der Waals surface area contributed by atoms with E-state index in [1.54, 1.807) is 12.1 Å². The molecule has 0 aliphatic heterocycles. The monoisotopic (exact) mass is 478 g/mol. The zero-order valence-corrected chi connectivity index (χ0v) is 19.6. The quantitative estimate of drug-likeness (QED) is 0.271. The number of rotatable bonds is 6. The number of H-pyrrole nitrogens is 1. The van der Waals surface area contributed by atoms with Gasteiger partial charge in [0.25, 0.3) is 0 Å². The number of imidazole rings is 2. The molecule has 0 bridgehead atoms. The molecule has 0 fully saturated rings. The fraction of sp³-hybridized carbons (Fsp3) is 0.259. The summed E-state index contributed by atoms with van der Waals surface area (Å²) in [5.74, 6) is 1.21. The summed E-state index contributed by atoms with van der Waals surface area (Å²) in [6.07, 6.45) is -2.73. The van der Waals surface area contributed by atoms with Gasteiger partial charge in [0.15, 0.2) is 0 Å². The molecule has 0 aliphatic carbocycles. The number of ether oxygens (including phenoxy) is 1. The lowest BCUT2D eigenvalue weighted by Crippen LogP contribution is -2.16. The second-order valence-electron chi connectivity index (χ2n) is 8.66. The van der Waals surface area contributed by atoms with Crippen LogP contribution in [0.1, 0.15) is 38.3 Å². The molecule has 2 aromatic heterocycles. The summed E-state index contributed by atoms with van der Waals surface area (Å²) in [6, 6.07) is 18.3. The minimum absolute atomic E-state index is 0.268. The highest BCUT2D eigenvalue weighted by Crippen LogP contribution is 2.33. The summed E-state index contributed by atoms with van der Waals surface area (Å²) >= 11 is 0. The largest absolute Gasteiger partial charge is 0.573 e. The molecule has 8 heteroatoms. The van der Waals surface area contributed by atoms with Gasteiger partial charge in [0.2, 0.25) is 0 Å². The van der Waals surface area contributed by atoms with E-state index in [0.717, 1.165) is 46.3 Å². The van der Waals surface area contributed by atoms with E-state index in [1.807, 2.05) is 18.2 Å². The summed E-state index contributed by atoms with van der Waals surface area (Å²) in [6.45, 7) is 6.47. The summed E-state index contributed by atoms with van der Waals surface area (Å²) in [5.41, 5.74) is 6.51. The van der Waals surface area contributed by atoms with Gasteiger partial charge in [-0.2, -0.15) is 0 Å². The number of aromatic amines is 1. The first-order valence-electron chi connectivity index (χ1n) is 11.6. The fourth-order valence-corrected chi connectivity index (χ4v) is 4.53. The molecule has 0 unspecified atom stereocenters. The minimum Gasteiger partial charge on any atom is -0.406 e. The van der Waals surface area contributed by atoms with Crippen molar-refractivity contribution in [3.8, 4) is 28.5 Å². The molecular formula is C27H25F3N4O. The van der Waals surface area contributed by atoms with Gasteiger partial charge in [-0.1, -0.05) is 19.9 Å². The first-order valence-corrected chi connectivity index (χ1v) is 11.6. The number of nitrogens with one attached hydrogen (secondary N) is 1. The smallest absolute Gasteiger partial charge is 0.406 e. The van der Waals surface area contributed by atoms with Crippen molar-refractivity contribution in [3.63, 3.8) is 0 Å². The Morgan fingerprint density at radius 3 is 2.26 bits per heavy atom. The molecular weight excluding hydrogens is 453 g/mol. The highest BCUT2D eigenvalue weighted by Gasteiger charge is 2.31. The maximum atomic E-state index is 12.4. The van der Waals surface area contributed by atoms with E-state index in [2.05, 4.69) is 58.2 Å². The molecule has 35 heavy (non-hydrogen) atoms. The minimum atomic E-state index is -4.72. The van der Waals surface area contributed by atoms with Gasteiger partial charge >= 0.3 is 6.36 Å². The number of aryl methyl sites for hydroxylation is 1. The third-order valence-corrected chi connectivity index (χ3v) is 6.25. The summed E-state index contributed by atoms with van der Waals surface area (Å²) < 4.78 is 43.6. The van der Waals surface area contributed by atoms with Gasteiger partial charge in [-0.15, -0.1) is 13.2 Å². The van der Waals surface area contributed by atoms with Crippen LogP contribution in [0.3, 0.4) is 0 Å². The molecule has 0 radical (unpaired) electrons. The lowest BCUT2D eigenvalue weighted by molar-refractivity contribution is -0.274. The van der Waals surface area contributed by atoms with Crippen molar-refractivity contribution in [2.75, 3.05) is 0 Å². The molecule has 1 N–H and O–H groups in total. The van der Waals surface area contributed by atoms with E-state index in [1.165, 1.54) is 17.7 Å². The number of halogens is 3. The lowest BCUT2D eigenvalue weighted by Gasteiger charge is -2.19. The summed E-state index contributed by atoms with van der Waals surface area (Å²) in [5, 5.41) is 0. The standard InChI is InChI=1S/C27H25F3N4O/c1-4-19(5-2)34-24-14-16(3)6-12-22(24)33-26(34)18-9-13-21-23(15-18)32-25(31-21)17-7-10-20(11-8-17)35-27(28,29)30/h6-15,19H,4-5H2,1-3H3,(H,31,32). The van der Waals surface area contributed by atoms with Crippen LogP contribution in [0.2, 0.25) is 0 Å². The van der Waals surface area contributed by atoms with E-state index in [9.17, 15) is 13.2 Å². The van der Waals surface area contributed by atoms with Crippen LogP contribution in [0.25, 0.3) is 44.8 Å². The molecule has 0 aliphatic rings. The lowest BCUT2D eigenvalue weighted by atomic mass is 10.1. The number of benzene rings is 3. The molecule has 0 saturated carbocycles. The number of nitrogens with zero attached hydrogens (tertiary/aromatic N) is 3. The normalized spacial score (nSPS) is 12.2. The third kappa shape index (κ3) is 4.48. The Morgan fingerprint density at radius 1 is 0.886 bits per heavy atom. The molecule has 2 heterocycles. The summed E-state index contributed by atoms with van der Waals surface area (Å²) in [7, 11) is 0. The maximum Gasteiger partial charge on any atom is 0.573 e. The molecule has 180 valence electrons. The maximum absolute atomic E-state index is 12.4. The van der Waals surface area contributed by atoms with Crippen molar-refractivity contribution in [3.05, 3.63) is 66.2 Å². The van der Waals surface area contributed by atoms with Crippen LogP contribution in [-0.4, -0.2) is 25.9 Å². The highest BCUT2D eigenvalue weighted by atomic mass is 19.4. The van der Waals surface area contributed by atoms with Gasteiger partial charge in [-0.05, 0) is 79.9 Å². The Hall–Kier alpha value is -3.81. The number of fused-ring (bicyclic) bond motifs is 2. The van der Waals surface area contributed by atoms with Crippen LogP contribution in [0.5, 0.6) is 5.75 Å². The van der Waals surface area contributed by atoms with E-state index in [-0.39, 0.29) is 5.75 Å². The number of aromatic nitrogens is 4. The van der Waals surface area contributed by atoms with E-state index in [4.69, 9.17) is 4.98 Å². The Balaban J connectivity index is 1.55.